The summed E-state index contributed by atoms with van der Waals surface area (Å²) in [6.45, 7) is 7.79. The van der Waals surface area contributed by atoms with E-state index in [0.29, 0.717) is 38.2 Å². The van der Waals surface area contributed by atoms with Crippen molar-refractivity contribution in [1.29, 1.82) is 0 Å². The number of terminal acetylenes is 1. The predicted octanol–water partition coefficient (Wildman–Crippen LogP) is 5.38. The number of aromatic nitrogens is 2. The number of hydrogen-bond donors (Lipinski definition) is 1. The molecule has 2 fully saturated rings. The van der Waals surface area contributed by atoms with Crippen molar-refractivity contribution in [3.63, 3.8) is 0 Å². The molecule has 3 aromatic rings. The van der Waals surface area contributed by atoms with Gasteiger partial charge in [0.05, 0.1) is 6.10 Å². The van der Waals surface area contributed by atoms with Gasteiger partial charge in [-0.2, -0.15) is 4.98 Å². The van der Waals surface area contributed by atoms with Gasteiger partial charge in [0.2, 0.25) is 0 Å². The molecular formula is C39H45N5O8. The second-order valence-corrected chi connectivity index (χ2v) is 12.6. The monoisotopic (exact) mass is 711 g/mol. The Morgan fingerprint density at radius 3 is 2.62 bits per heavy atom. The van der Waals surface area contributed by atoms with Crippen LogP contribution in [0.4, 0.5) is 15.4 Å². The third kappa shape index (κ3) is 10.3. The molecule has 0 radical (unpaired) electrons. The quantitative estimate of drug-likeness (QED) is 0.132. The molecule has 0 aliphatic carbocycles. The first-order valence-electron chi connectivity index (χ1n) is 17.5. The molecule has 0 spiro atoms. The summed E-state index contributed by atoms with van der Waals surface area (Å²) in [5.41, 5.74) is 1.62. The van der Waals surface area contributed by atoms with Gasteiger partial charge in [-0.3, -0.25) is 14.3 Å². The molecular weight excluding hydrogens is 666 g/mol. The van der Waals surface area contributed by atoms with Crippen molar-refractivity contribution in [1.82, 2.24) is 19.4 Å². The summed E-state index contributed by atoms with van der Waals surface area (Å²) < 4.78 is 24.0. The van der Waals surface area contributed by atoms with Crippen molar-refractivity contribution in [2.24, 2.45) is 0 Å². The maximum Gasteiger partial charge on any atom is 0.508 e. The van der Waals surface area contributed by atoms with Crippen LogP contribution in [0.15, 0.2) is 84.3 Å². The summed E-state index contributed by atoms with van der Waals surface area (Å²) in [6, 6.07) is 17.7. The van der Waals surface area contributed by atoms with Gasteiger partial charge in [-0.15, -0.1) is 6.42 Å². The highest BCUT2D eigenvalue weighted by Crippen LogP contribution is 2.32. The minimum atomic E-state index is -0.845. The largest absolute Gasteiger partial charge is 0.508 e. The van der Waals surface area contributed by atoms with Crippen LogP contribution in [-0.2, 0) is 25.5 Å². The Labute approximate surface area is 303 Å². The van der Waals surface area contributed by atoms with E-state index in [4.69, 9.17) is 25.4 Å². The first kappa shape index (κ1) is 37.8. The molecule has 4 atom stereocenters. The van der Waals surface area contributed by atoms with E-state index >= 15 is 0 Å². The van der Waals surface area contributed by atoms with E-state index in [2.05, 4.69) is 27.7 Å². The number of anilines is 1. The van der Waals surface area contributed by atoms with E-state index in [9.17, 15) is 19.2 Å². The zero-order valence-electron chi connectivity index (χ0n) is 29.4. The number of hydrogen-bond acceptors (Lipinski definition) is 10. The summed E-state index contributed by atoms with van der Waals surface area (Å²) in [7, 11) is 0. The van der Waals surface area contributed by atoms with Crippen LogP contribution >= 0.6 is 0 Å². The van der Waals surface area contributed by atoms with Gasteiger partial charge in [0, 0.05) is 56.0 Å². The van der Waals surface area contributed by atoms with Crippen molar-refractivity contribution < 1.29 is 33.3 Å². The van der Waals surface area contributed by atoms with E-state index in [1.165, 1.54) is 16.8 Å². The molecule has 2 aliphatic heterocycles. The Kier molecular flexibility index (Phi) is 13.6. The number of nitrogens with one attached hydrogen (secondary N) is 1. The van der Waals surface area contributed by atoms with E-state index in [0.717, 1.165) is 30.4 Å². The topological polar surface area (TPSA) is 142 Å². The zero-order chi connectivity index (χ0) is 36.9. The van der Waals surface area contributed by atoms with Gasteiger partial charge in [0.25, 0.3) is 5.91 Å². The number of ether oxygens (including phenoxy) is 4. The second-order valence-electron chi connectivity index (χ2n) is 12.6. The Balaban J connectivity index is 1.17. The van der Waals surface area contributed by atoms with Crippen LogP contribution in [0.2, 0.25) is 0 Å². The van der Waals surface area contributed by atoms with Crippen LogP contribution in [0.3, 0.4) is 0 Å². The molecule has 2 unspecified atom stereocenters. The Bertz CT molecular complexity index is 1770. The number of amides is 2. The number of carbonyl (C=O) groups excluding carboxylic acids is 3. The molecule has 3 heterocycles. The fourth-order valence-corrected chi connectivity index (χ4v) is 6.39. The molecule has 2 aliphatic rings. The first-order valence-corrected chi connectivity index (χ1v) is 17.5. The Morgan fingerprint density at radius 1 is 1.12 bits per heavy atom. The van der Waals surface area contributed by atoms with Crippen molar-refractivity contribution in [2.45, 2.75) is 70.1 Å². The normalized spacial score (nSPS) is 19.8. The molecule has 52 heavy (non-hydrogen) atoms. The molecule has 1 aromatic heterocycles. The molecule has 0 bridgehead atoms. The molecule has 5 rings (SSSR count). The van der Waals surface area contributed by atoms with Crippen molar-refractivity contribution in [2.75, 3.05) is 38.2 Å². The average molecular weight is 712 g/mol. The van der Waals surface area contributed by atoms with Crippen LogP contribution in [-0.4, -0.2) is 88.6 Å². The first-order chi connectivity index (χ1) is 25.3. The Hall–Kier alpha value is -5.45. The van der Waals surface area contributed by atoms with Crippen LogP contribution in [0.1, 0.15) is 66.7 Å². The molecule has 1 N–H and O–H groups in total. The van der Waals surface area contributed by atoms with Crippen molar-refractivity contribution >= 4 is 24.0 Å². The standard InChI is InChI=1S/C39H45N5O8/c1-4-23-49-38(47)43-20-11-10-14-31(43)27-42(26-29-17-15-28(5-2)16-18-29)22-24-50-39(48)52-33-25-35(51-32(33)6-3)44-21-19-34(41-37(44)46)40-36(45)30-12-8-7-9-13-30/h2,4,7-9,12-13,15-19,21,31-33,35H,1,6,10-11,14,20,22-27H2,3H3,(H,40,41,45,46)/t31?,32-,33?,35-/m1/s1. The molecule has 2 aromatic carbocycles. The SMILES string of the molecule is C#Cc1ccc(CN(CCOC(=O)OC2C[C@H](n3ccc(NC(=O)c4ccccc4)nc3=O)O[C@@H]2CC)CC2CCCCN2C(=O)OCC=C)cc1. The highest BCUT2D eigenvalue weighted by Gasteiger charge is 2.39. The molecule has 2 saturated heterocycles. The fraction of sp³-hybridized carbons (Fsp3) is 0.410. The summed E-state index contributed by atoms with van der Waals surface area (Å²) in [4.78, 5) is 59.1. The fourth-order valence-electron chi connectivity index (χ4n) is 6.39. The third-order valence-corrected chi connectivity index (χ3v) is 9.06. The van der Waals surface area contributed by atoms with E-state index < -0.39 is 30.3 Å². The predicted molar refractivity (Wildman–Crippen MR) is 193 cm³/mol. The van der Waals surface area contributed by atoms with Gasteiger partial charge in [-0.05, 0) is 61.6 Å². The lowest BCUT2D eigenvalue weighted by atomic mass is 10.0. The highest BCUT2D eigenvalue weighted by molar-refractivity contribution is 6.03. The summed E-state index contributed by atoms with van der Waals surface area (Å²) in [5, 5.41) is 2.63. The highest BCUT2D eigenvalue weighted by atomic mass is 16.7. The van der Waals surface area contributed by atoms with E-state index in [-0.39, 0.29) is 43.5 Å². The van der Waals surface area contributed by atoms with Crippen molar-refractivity contribution in [3.05, 3.63) is 107 Å². The lowest BCUT2D eigenvalue weighted by Gasteiger charge is -2.38. The molecule has 13 nitrogen and oxygen atoms in total. The van der Waals surface area contributed by atoms with Gasteiger partial charge in [0.15, 0.2) is 0 Å². The summed E-state index contributed by atoms with van der Waals surface area (Å²) >= 11 is 0. The van der Waals surface area contributed by atoms with Gasteiger partial charge in [-0.1, -0.05) is 55.8 Å². The van der Waals surface area contributed by atoms with Gasteiger partial charge in [-0.25, -0.2) is 14.4 Å². The number of likely N-dealkylation sites (tertiary alicyclic amines) is 1. The molecule has 13 heteroatoms. The number of benzene rings is 2. The minimum Gasteiger partial charge on any atom is -0.445 e. The zero-order valence-corrected chi connectivity index (χ0v) is 29.4. The van der Waals surface area contributed by atoms with Gasteiger partial charge < -0.3 is 29.2 Å². The minimum absolute atomic E-state index is 0.0439. The van der Waals surface area contributed by atoms with Gasteiger partial charge >= 0.3 is 17.9 Å². The van der Waals surface area contributed by atoms with Gasteiger partial charge in [0.1, 0.15) is 31.4 Å². The maximum absolute atomic E-state index is 12.9. The van der Waals surface area contributed by atoms with Crippen LogP contribution in [0.25, 0.3) is 0 Å². The molecule has 2 amide bonds. The number of rotatable bonds is 14. The smallest absolute Gasteiger partial charge is 0.445 e. The summed E-state index contributed by atoms with van der Waals surface area (Å²) in [5.74, 6) is 2.35. The maximum atomic E-state index is 12.9. The molecule has 274 valence electrons. The summed E-state index contributed by atoms with van der Waals surface area (Å²) in [6.07, 6.45) is 8.97. The Morgan fingerprint density at radius 2 is 1.90 bits per heavy atom. The third-order valence-electron chi connectivity index (χ3n) is 9.06. The van der Waals surface area contributed by atoms with Crippen molar-refractivity contribution in [3.8, 4) is 12.3 Å². The van der Waals surface area contributed by atoms with E-state index in [1.807, 2.05) is 31.2 Å². The number of piperidine rings is 1. The number of nitrogens with zero attached hydrogens (tertiary/aromatic N) is 4. The number of carbonyl (C=O) groups is 3. The van der Waals surface area contributed by atoms with Crippen LogP contribution in [0, 0.1) is 12.3 Å². The lowest BCUT2D eigenvalue weighted by Crippen LogP contribution is -2.50. The lowest BCUT2D eigenvalue weighted by molar-refractivity contribution is -0.0384. The average Bonchev–Trinajstić information content (AvgIpc) is 3.56. The second kappa shape index (κ2) is 18.7. The molecule has 0 saturated carbocycles. The van der Waals surface area contributed by atoms with Crippen LogP contribution in [0.5, 0.6) is 0 Å². The van der Waals surface area contributed by atoms with Crippen LogP contribution < -0.4 is 11.0 Å². The van der Waals surface area contributed by atoms with E-state index in [1.54, 1.807) is 41.3 Å².